The molecular weight excluding hydrogens is 410 g/mol. The van der Waals surface area contributed by atoms with Gasteiger partial charge in [-0.25, -0.2) is 9.59 Å². The summed E-state index contributed by atoms with van der Waals surface area (Å²) in [5.41, 5.74) is 0.918. The molecule has 0 bridgehead atoms. The highest BCUT2D eigenvalue weighted by Crippen LogP contribution is 2.19. The van der Waals surface area contributed by atoms with Crippen LogP contribution in [0.3, 0.4) is 0 Å². The number of hydrogen-bond acceptors (Lipinski definition) is 4. The molecule has 0 fully saturated rings. The van der Waals surface area contributed by atoms with Crippen LogP contribution in [-0.2, 0) is 20.9 Å². The van der Waals surface area contributed by atoms with Crippen LogP contribution < -0.4 is 0 Å². The van der Waals surface area contributed by atoms with Gasteiger partial charge in [-0.1, -0.05) is 73.0 Å². The SMILES string of the molecule is CCOC(=O)[C@H]([C@@H](C)CC)N(CCCCCBr)C(=O)OCc1ccccc1. The number of carbonyl (C=O) groups is 2. The summed E-state index contributed by atoms with van der Waals surface area (Å²) in [5, 5.41) is 0.929. The second-order valence-corrected chi connectivity index (χ2v) is 7.36. The van der Waals surface area contributed by atoms with Crippen LogP contribution >= 0.6 is 15.9 Å². The van der Waals surface area contributed by atoms with Gasteiger partial charge in [0.2, 0.25) is 0 Å². The van der Waals surface area contributed by atoms with Gasteiger partial charge in [0.1, 0.15) is 12.6 Å². The van der Waals surface area contributed by atoms with Crippen molar-refractivity contribution in [2.24, 2.45) is 5.92 Å². The first-order valence-electron chi connectivity index (χ1n) is 9.75. The average Bonchev–Trinajstić information content (AvgIpc) is 2.69. The lowest BCUT2D eigenvalue weighted by molar-refractivity contribution is -0.151. The van der Waals surface area contributed by atoms with E-state index in [0.29, 0.717) is 13.2 Å². The van der Waals surface area contributed by atoms with E-state index in [9.17, 15) is 9.59 Å². The van der Waals surface area contributed by atoms with Gasteiger partial charge in [-0.05, 0) is 31.2 Å². The Labute approximate surface area is 171 Å². The molecule has 6 heteroatoms. The maximum Gasteiger partial charge on any atom is 0.410 e. The number of ether oxygens (including phenoxy) is 2. The Morgan fingerprint density at radius 1 is 1.07 bits per heavy atom. The number of unbranched alkanes of at least 4 members (excludes halogenated alkanes) is 2. The van der Waals surface area contributed by atoms with Crippen molar-refractivity contribution in [3.8, 4) is 0 Å². The van der Waals surface area contributed by atoms with Gasteiger partial charge in [-0.15, -0.1) is 0 Å². The normalized spacial score (nSPS) is 12.9. The van der Waals surface area contributed by atoms with Gasteiger partial charge in [-0.3, -0.25) is 4.90 Å². The van der Waals surface area contributed by atoms with Gasteiger partial charge >= 0.3 is 12.1 Å². The van der Waals surface area contributed by atoms with E-state index in [4.69, 9.17) is 9.47 Å². The first-order chi connectivity index (χ1) is 13.0. The summed E-state index contributed by atoms with van der Waals surface area (Å²) in [6.07, 6.45) is 3.13. The zero-order valence-corrected chi connectivity index (χ0v) is 18.2. The Hall–Kier alpha value is -1.56. The van der Waals surface area contributed by atoms with E-state index >= 15 is 0 Å². The highest BCUT2D eigenvalue weighted by Gasteiger charge is 2.35. The number of esters is 1. The summed E-state index contributed by atoms with van der Waals surface area (Å²) in [5.74, 6) is -0.367. The first kappa shape index (κ1) is 23.5. The topological polar surface area (TPSA) is 55.8 Å². The molecule has 0 unspecified atom stereocenters. The van der Waals surface area contributed by atoms with Crippen molar-refractivity contribution in [3.63, 3.8) is 0 Å². The zero-order valence-electron chi connectivity index (χ0n) is 16.7. The Morgan fingerprint density at radius 2 is 1.78 bits per heavy atom. The summed E-state index contributed by atoms with van der Waals surface area (Å²) >= 11 is 3.42. The average molecular weight is 442 g/mol. The zero-order chi connectivity index (χ0) is 20.1. The molecule has 1 rings (SSSR count). The van der Waals surface area contributed by atoms with Crippen LogP contribution in [0.15, 0.2) is 30.3 Å². The molecule has 0 N–H and O–H groups in total. The van der Waals surface area contributed by atoms with Crippen LogP contribution in [0.4, 0.5) is 4.79 Å². The predicted octanol–water partition coefficient (Wildman–Crippen LogP) is 5.17. The van der Waals surface area contributed by atoms with E-state index in [1.54, 1.807) is 11.8 Å². The highest BCUT2D eigenvalue weighted by atomic mass is 79.9. The number of amides is 1. The van der Waals surface area contributed by atoms with Crippen LogP contribution in [0.2, 0.25) is 0 Å². The molecular formula is C21H32BrNO4. The van der Waals surface area contributed by atoms with Crippen molar-refractivity contribution in [1.29, 1.82) is 0 Å². The Balaban J connectivity index is 2.89. The number of hydrogen-bond donors (Lipinski definition) is 0. The van der Waals surface area contributed by atoms with Crippen molar-refractivity contribution in [1.82, 2.24) is 4.90 Å². The van der Waals surface area contributed by atoms with Gasteiger partial charge in [0.25, 0.3) is 0 Å². The molecule has 0 saturated heterocycles. The molecule has 5 nitrogen and oxygen atoms in total. The minimum Gasteiger partial charge on any atom is -0.464 e. The fourth-order valence-electron chi connectivity index (χ4n) is 2.82. The maximum absolute atomic E-state index is 12.8. The van der Waals surface area contributed by atoms with Gasteiger partial charge in [0.05, 0.1) is 6.61 Å². The van der Waals surface area contributed by atoms with E-state index in [-0.39, 0.29) is 18.5 Å². The number of carbonyl (C=O) groups excluding carboxylic acids is 2. The number of benzene rings is 1. The standard InChI is InChI=1S/C21H32BrNO4/c1-4-17(3)19(20(24)26-5-2)23(15-11-7-10-14-22)21(25)27-16-18-12-8-6-9-13-18/h6,8-9,12-13,17,19H,4-5,7,10-11,14-16H2,1-3H3/t17-,19-/m0/s1. The summed E-state index contributed by atoms with van der Waals surface area (Å²) < 4.78 is 10.8. The molecule has 0 radical (unpaired) electrons. The van der Waals surface area contributed by atoms with Crippen LogP contribution in [-0.4, -0.2) is 41.5 Å². The lowest BCUT2D eigenvalue weighted by Crippen LogP contribution is -2.50. The number of nitrogens with zero attached hydrogens (tertiary/aromatic N) is 1. The third-order valence-electron chi connectivity index (χ3n) is 4.52. The van der Waals surface area contributed by atoms with Crippen molar-refractivity contribution in [2.75, 3.05) is 18.5 Å². The molecule has 27 heavy (non-hydrogen) atoms. The summed E-state index contributed by atoms with van der Waals surface area (Å²) in [6.45, 7) is 6.72. The van der Waals surface area contributed by atoms with Crippen LogP contribution in [0, 0.1) is 5.92 Å². The molecule has 0 saturated carbocycles. The quantitative estimate of drug-likeness (QED) is 0.255. The van der Waals surface area contributed by atoms with Crippen LogP contribution in [0.25, 0.3) is 0 Å². The summed E-state index contributed by atoms with van der Waals surface area (Å²) in [7, 11) is 0. The second-order valence-electron chi connectivity index (χ2n) is 6.57. The van der Waals surface area contributed by atoms with Crippen LogP contribution in [0.5, 0.6) is 0 Å². The molecule has 1 aromatic carbocycles. The van der Waals surface area contributed by atoms with E-state index in [1.807, 2.05) is 44.2 Å². The molecule has 2 atom stereocenters. The third-order valence-corrected chi connectivity index (χ3v) is 5.08. The van der Waals surface area contributed by atoms with Crippen LogP contribution in [0.1, 0.15) is 52.0 Å². The summed E-state index contributed by atoms with van der Waals surface area (Å²) in [4.78, 5) is 27.0. The van der Waals surface area contributed by atoms with Gasteiger partial charge in [-0.2, -0.15) is 0 Å². The molecule has 0 spiro atoms. The van der Waals surface area contributed by atoms with Gasteiger partial charge in [0.15, 0.2) is 0 Å². The Bertz CT molecular complexity index is 552. The van der Waals surface area contributed by atoms with Crippen molar-refractivity contribution >= 4 is 28.0 Å². The monoisotopic (exact) mass is 441 g/mol. The van der Waals surface area contributed by atoms with Crippen molar-refractivity contribution in [2.45, 2.75) is 59.1 Å². The molecule has 1 amide bonds. The van der Waals surface area contributed by atoms with Gasteiger partial charge in [0, 0.05) is 11.9 Å². The smallest absolute Gasteiger partial charge is 0.410 e. The molecule has 152 valence electrons. The maximum atomic E-state index is 12.8. The minimum absolute atomic E-state index is 0.00972. The molecule has 0 aromatic heterocycles. The summed E-state index contributed by atoms with van der Waals surface area (Å²) in [6, 6.07) is 8.92. The van der Waals surface area contributed by atoms with E-state index in [2.05, 4.69) is 15.9 Å². The highest BCUT2D eigenvalue weighted by molar-refractivity contribution is 9.09. The fourth-order valence-corrected chi connectivity index (χ4v) is 3.21. The molecule has 0 aliphatic heterocycles. The molecule has 0 heterocycles. The lowest BCUT2D eigenvalue weighted by atomic mass is 9.97. The first-order valence-corrected chi connectivity index (χ1v) is 10.9. The molecule has 1 aromatic rings. The number of halogens is 1. The molecule has 0 aliphatic rings. The number of alkyl halides is 1. The Kier molecular flexibility index (Phi) is 11.8. The van der Waals surface area contributed by atoms with Crippen molar-refractivity contribution in [3.05, 3.63) is 35.9 Å². The third kappa shape index (κ3) is 8.33. The predicted molar refractivity (Wildman–Crippen MR) is 111 cm³/mol. The minimum atomic E-state index is -0.623. The van der Waals surface area contributed by atoms with Gasteiger partial charge < -0.3 is 9.47 Å². The lowest BCUT2D eigenvalue weighted by Gasteiger charge is -2.33. The Morgan fingerprint density at radius 3 is 2.37 bits per heavy atom. The fraction of sp³-hybridized carbons (Fsp3) is 0.619. The van der Waals surface area contributed by atoms with E-state index in [1.165, 1.54) is 0 Å². The number of rotatable bonds is 12. The van der Waals surface area contributed by atoms with Crippen molar-refractivity contribution < 1.29 is 19.1 Å². The largest absolute Gasteiger partial charge is 0.464 e. The van der Waals surface area contributed by atoms with E-state index in [0.717, 1.165) is 36.6 Å². The second kappa shape index (κ2) is 13.6. The van der Waals surface area contributed by atoms with E-state index < -0.39 is 12.1 Å². The molecule has 0 aliphatic carbocycles.